The van der Waals surface area contributed by atoms with Gasteiger partial charge >= 0.3 is 5.97 Å². The Labute approximate surface area is 161 Å². The van der Waals surface area contributed by atoms with Gasteiger partial charge in [0.2, 0.25) is 0 Å². The van der Waals surface area contributed by atoms with Crippen LogP contribution in [0.3, 0.4) is 0 Å². The number of halogens is 1. The molecule has 7 heteroatoms. The third kappa shape index (κ3) is 4.70. The van der Waals surface area contributed by atoms with Gasteiger partial charge in [-0.3, -0.25) is 4.79 Å². The van der Waals surface area contributed by atoms with E-state index in [2.05, 4.69) is 15.6 Å². The number of carbonyl (C=O) groups is 2. The minimum Gasteiger partial charge on any atom is -0.462 e. The van der Waals surface area contributed by atoms with Crippen LogP contribution in [0.2, 0.25) is 0 Å². The lowest BCUT2D eigenvalue weighted by atomic mass is 10.1. The second-order valence-electron chi connectivity index (χ2n) is 5.79. The first-order chi connectivity index (χ1) is 13.6. The number of amides is 1. The van der Waals surface area contributed by atoms with Gasteiger partial charge in [0.15, 0.2) is 0 Å². The first-order valence-corrected chi connectivity index (χ1v) is 8.63. The fourth-order valence-corrected chi connectivity index (χ4v) is 2.49. The zero-order valence-corrected chi connectivity index (χ0v) is 15.1. The lowest BCUT2D eigenvalue weighted by Crippen LogP contribution is -2.13. The van der Waals surface area contributed by atoms with Gasteiger partial charge in [-0.2, -0.15) is 0 Å². The summed E-state index contributed by atoms with van der Waals surface area (Å²) in [6.07, 6.45) is 1.52. The quantitative estimate of drug-likeness (QED) is 0.621. The van der Waals surface area contributed by atoms with E-state index >= 15 is 0 Å². The number of nitrogens with zero attached hydrogens (tertiary/aromatic N) is 1. The number of hydrogen-bond acceptors (Lipinski definition) is 5. The van der Waals surface area contributed by atoms with Crippen molar-refractivity contribution in [1.29, 1.82) is 0 Å². The number of para-hydroxylation sites is 1. The van der Waals surface area contributed by atoms with Gasteiger partial charge in [-0.1, -0.05) is 18.2 Å². The van der Waals surface area contributed by atoms with Gasteiger partial charge in [0.25, 0.3) is 5.91 Å². The van der Waals surface area contributed by atoms with Crippen molar-refractivity contribution in [2.75, 3.05) is 17.2 Å². The third-order valence-corrected chi connectivity index (χ3v) is 3.79. The number of nitrogens with one attached hydrogen (secondary N) is 2. The zero-order chi connectivity index (χ0) is 19.9. The van der Waals surface area contributed by atoms with Crippen molar-refractivity contribution in [1.82, 2.24) is 4.98 Å². The Bertz CT molecular complexity index is 990. The van der Waals surface area contributed by atoms with E-state index in [1.165, 1.54) is 24.4 Å². The maximum Gasteiger partial charge on any atom is 0.340 e. The largest absolute Gasteiger partial charge is 0.462 e. The third-order valence-electron chi connectivity index (χ3n) is 3.79. The molecule has 0 aliphatic rings. The minimum absolute atomic E-state index is 0.201. The smallest absolute Gasteiger partial charge is 0.340 e. The van der Waals surface area contributed by atoms with E-state index in [0.717, 1.165) is 6.07 Å². The Balaban J connectivity index is 1.70. The van der Waals surface area contributed by atoms with Crippen LogP contribution in [0.1, 0.15) is 27.6 Å². The van der Waals surface area contributed by atoms with Crippen molar-refractivity contribution in [3.05, 3.63) is 83.8 Å². The van der Waals surface area contributed by atoms with Crippen LogP contribution in [0.15, 0.2) is 66.9 Å². The fraction of sp³-hybridized carbons (Fsp3) is 0.0952. The molecule has 0 aliphatic heterocycles. The van der Waals surface area contributed by atoms with E-state index in [4.69, 9.17) is 4.74 Å². The van der Waals surface area contributed by atoms with E-state index < -0.39 is 17.7 Å². The molecule has 2 N–H and O–H groups in total. The number of carbonyl (C=O) groups excluding carboxylic acids is 2. The molecule has 0 radical (unpaired) electrons. The molecule has 3 rings (SSSR count). The summed E-state index contributed by atoms with van der Waals surface area (Å²) in [4.78, 5) is 28.3. The summed E-state index contributed by atoms with van der Waals surface area (Å²) in [6.45, 7) is 2.03. The highest BCUT2D eigenvalue weighted by molar-refractivity contribution is 6.03. The zero-order valence-electron chi connectivity index (χ0n) is 15.1. The van der Waals surface area contributed by atoms with Crippen molar-refractivity contribution < 1.29 is 18.7 Å². The maximum absolute atomic E-state index is 13.2. The molecule has 0 unspecified atom stereocenters. The molecule has 28 heavy (non-hydrogen) atoms. The van der Waals surface area contributed by atoms with Gasteiger partial charge in [-0.05, 0) is 49.4 Å². The number of ether oxygens (including phenoxy) is 1. The summed E-state index contributed by atoms with van der Waals surface area (Å²) in [6, 6.07) is 15.7. The number of rotatable bonds is 6. The molecule has 1 amide bonds. The molecular formula is C21H18FN3O3. The van der Waals surface area contributed by atoms with E-state index in [1.54, 1.807) is 43.3 Å². The van der Waals surface area contributed by atoms with E-state index in [9.17, 15) is 14.0 Å². The molecule has 0 bridgehead atoms. The van der Waals surface area contributed by atoms with Crippen LogP contribution in [-0.4, -0.2) is 23.5 Å². The molecule has 2 aromatic carbocycles. The average Bonchev–Trinajstić information content (AvgIpc) is 2.70. The van der Waals surface area contributed by atoms with E-state index in [0.29, 0.717) is 22.8 Å². The SMILES string of the molecule is CCOC(=O)c1ccccc1Nc1ccc(NC(=O)c2cccc(F)c2)nc1. The van der Waals surface area contributed by atoms with E-state index in [1.807, 2.05) is 0 Å². The Kier molecular flexibility index (Phi) is 5.96. The standard InChI is InChI=1S/C21H18FN3O3/c1-2-28-21(27)17-8-3-4-9-18(17)24-16-10-11-19(23-13-16)25-20(26)14-6-5-7-15(22)12-14/h3-13,24H,2H2,1H3,(H,23,25,26). The van der Waals surface area contributed by atoms with Crippen molar-refractivity contribution >= 4 is 29.1 Å². The van der Waals surface area contributed by atoms with Gasteiger partial charge in [0.1, 0.15) is 11.6 Å². The van der Waals surface area contributed by atoms with Crippen molar-refractivity contribution in [3.8, 4) is 0 Å². The fourth-order valence-electron chi connectivity index (χ4n) is 2.49. The second kappa shape index (κ2) is 8.77. The lowest BCUT2D eigenvalue weighted by Gasteiger charge is -2.11. The lowest BCUT2D eigenvalue weighted by molar-refractivity contribution is 0.0527. The van der Waals surface area contributed by atoms with Crippen LogP contribution in [0.4, 0.5) is 21.6 Å². The summed E-state index contributed by atoms with van der Waals surface area (Å²) in [7, 11) is 0. The molecule has 6 nitrogen and oxygen atoms in total. The Morgan fingerprint density at radius 1 is 1.07 bits per heavy atom. The monoisotopic (exact) mass is 379 g/mol. The summed E-state index contributed by atoms with van der Waals surface area (Å²) in [5, 5.41) is 5.71. The maximum atomic E-state index is 13.2. The summed E-state index contributed by atoms with van der Waals surface area (Å²) < 4.78 is 18.3. The molecule has 1 heterocycles. The van der Waals surface area contributed by atoms with Crippen LogP contribution >= 0.6 is 0 Å². The highest BCUT2D eigenvalue weighted by atomic mass is 19.1. The van der Waals surface area contributed by atoms with Crippen LogP contribution in [0, 0.1) is 5.82 Å². The highest BCUT2D eigenvalue weighted by Gasteiger charge is 2.12. The van der Waals surface area contributed by atoms with Crippen LogP contribution in [0.25, 0.3) is 0 Å². The number of benzene rings is 2. The molecule has 0 saturated heterocycles. The first-order valence-electron chi connectivity index (χ1n) is 8.63. The molecular weight excluding hydrogens is 361 g/mol. The predicted octanol–water partition coefficient (Wildman–Crippen LogP) is 4.39. The van der Waals surface area contributed by atoms with E-state index in [-0.39, 0.29) is 12.2 Å². The predicted molar refractivity (Wildman–Crippen MR) is 104 cm³/mol. The van der Waals surface area contributed by atoms with Gasteiger partial charge < -0.3 is 15.4 Å². The number of aromatic nitrogens is 1. The molecule has 3 aromatic rings. The first kappa shape index (κ1) is 19.0. The molecule has 0 spiro atoms. The Hall–Kier alpha value is -3.74. The molecule has 0 fully saturated rings. The van der Waals surface area contributed by atoms with Crippen LogP contribution in [0.5, 0.6) is 0 Å². The van der Waals surface area contributed by atoms with Gasteiger partial charge in [0, 0.05) is 5.56 Å². The number of esters is 1. The molecule has 0 aliphatic carbocycles. The van der Waals surface area contributed by atoms with Crippen molar-refractivity contribution in [2.24, 2.45) is 0 Å². The van der Waals surface area contributed by atoms with Crippen molar-refractivity contribution in [2.45, 2.75) is 6.92 Å². The molecule has 142 valence electrons. The van der Waals surface area contributed by atoms with Crippen LogP contribution in [-0.2, 0) is 4.74 Å². The Morgan fingerprint density at radius 3 is 2.61 bits per heavy atom. The van der Waals surface area contributed by atoms with Crippen LogP contribution < -0.4 is 10.6 Å². The van der Waals surface area contributed by atoms with Gasteiger partial charge in [0.05, 0.1) is 29.7 Å². The summed E-state index contributed by atoms with van der Waals surface area (Å²) in [5.41, 5.74) is 1.82. The number of pyridine rings is 1. The average molecular weight is 379 g/mol. The summed E-state index contributed by atoms with van der Waals surface area (Å²) in [5.74, 6) is -1.04. The van der Waals surface area contributed by atoms with Crippen molar-refractivity contribution in [3.63, 3.8) is 0 Å². The van der Waals surface area contributed by atoms with Gasteiger partial charge in [-0.15, -0.1) is 0 Å². The molecule has 0 saturated carbocycles. The number of hydrogen-bond donors (Lipinski definition) is 2. The Morgan fingerprint density at radius 2 is 1.89 bits per heavy atom. The second-order valence-corrected chi connectivity index (χ2v) is 5.79. The molecule has 1 aromatic heterocycles. The topological polar surface area (TPSA) is 80.3 Å². The number of anilines is 3. The highest BCUT2D eigenvalue weighted by Crippen LogP contribution is 2.22. The minimum atomic E-state index is -0.486. The summed E-state index contributed by atoms with van der Waals surface area (Å²) >= 11 is 0. The van der Waals surface area contributed by atoms with Gasteiger partial charge in [-0.25, -0.2) is 14.2 Å². The normalized spacial score (nSPS) is 10.2. The molecule has 0 atom stereocenters.